The predicted molar refractivity (Wildman–Crippen MR) is 98.8 cm³/mol. The first-order valence-corrected chi connectivity index (χ1v) is 8.24. The number of fused-ring (bicyclic) bond motifs is 1. The molecule has 1 heterocycles. The first-order chi connectivity index (χ1) is 11.8. The van der Waals surface area contributed by atoms with Gasteiger partial charge in [-0.15, -0.1) is 0 Å². The van der Waals surface area contributed by atoms with Gasteiger partial charge in [0.2, 0.25) is 5.95 Å². The molecule has 0 atom stereocenters. The third-order valence-electron chi connectivity index (χ3n) is 3.62. The number of aromatic nitrogens is 2. The monoisotopic (exact) mass is 342 g/mol. The Morgan fingerprint density at radius 1 is 0.917 bits per heavy atom. The quantitative estimate of drug-likeness (QED) is 0.614. The third kappa shape index (κ3) is 4.13. The standard InChI is InChI=1S/C18H19ClN4O/c19-14-7-5-13(6-8-14)9-10-21-18-22-16-4-2-1-3-15(16)17(23-18)20-11-12-24/h1-8,24H,9-12H2,(H2,20,21,22,23). The van der Waals surface area contributed by atoms with Crippen molar-refractivity contribution in [3.8, 4) is 0 Å². The summed E-state index contributed by atoms with van der Waals surface area (Å²) in [5, 5.41) is 17.1. The Morgan fingerprint density at radius 3 is 2.50 bits per heavy atom. The van der Waals surface area contributed by atoms with Crippen molar-refractivity contribution in [2.24, 2.45) is 0 Å². The number of aliphatic hydroxyl groups excluding tert-OH is 1. The highest BCUT2D eigenvalue weighted by Crippen LogP contribution is 2.21. The predicted octanol–water partition coefficient (Wildman–Crippen LogP) is 3.34. The number of nitrogens with one attached hydrogen (secondary N) is 2. The van der Waals surface area contributed by atoms with E-state index in [-0.39, 0.29) is 6.61 Å². The summed E-state index contributed by atoms with van der Waals surface area (Å²) < 4.78 is 0. The largest absolute Gasteiger partial charge is 0.395 e. The molecule has 3 N–H and O–H groups in total. The van der Waals surface area contributed by atoms with Crippen LogP contribution in [0.3, 0.4) is 0 Å². The van der Waals surface area contributed by atoms with Crippen LogP contribution in [0.2, 0.25) is 5.02 Å². The summed E-state index contributed by atoms with van der Waals surface area (Å²) in [5.41, 5.74) is 2.06. The topological polar surface area (TPSA) is 70.1 Å². The van der Waals surface area contributed by atoms with Crippen LogP contribution in [0.25, 0.3) is 10.9 Å². The maximum Gasteiger partial charge on any atom is 0.225 e. The highest BCUT2D eigenvalue weighted by molar-refractivity contribution is 6.30. The lowest BCUT2D eigenvalue weighted by Crippen LogP contribution is -2.12. The molecule has 124 valence electrons. The number of rotatable bonds is 7. The molecule has 24 heavy (non-hydrogen) atoms. The van der Waals surface area contributed by atoms with E-state index in [0.717, 1.165) is 34.7 Å². The van der Waals surface area contributed by atoms with Gasteiger partial charge in [-0.25, -0.2) is 4.98 Å². The minimum absolute atomic E-state index is 0.0532. The van der Waals surface area contributed by atoms with Crippen molar-refractivity contribution >= 4 is 34.3 Å². The molecule has 0 bridgehead atoms. The molecule has 0 saturated carbocycles. The van der Waals surface area contributed by atoms with E-state index in [4.69, 9.17) is 16.7 Å². The lowest BCUT2D eigenvalue weighted by molar-refractivity contribution is 0.311. The highest BCUT2D eigenvalue weighted by atomic mass is 35.5. The van der Waals surface area contributed by atoms with Gasteiger partial charge >= 0.3 is 0 Å². The summed E-state index contributed by atoms with van der Waals surface area (Å²) in [5.74, 6) is 1.30. The molecule has 0 amide bonds. The summed E-state index contributed by atoms with van der Waals surface area (Å²) in [4.78, 5) is 9.06. The summed E-state index contributed by atoms with van der Waals surface area (Å²) in [6, 6.07) is 15.6. The molecule has 0 spiro atoms. The number of para-hydroxylation sites is 1. The number of hydrogen-bond donors (Lipinski definition) is 3. The summed E-state index contributed by atoms with van der Waals surface area (Å²) >= 11 is 5.90. The molecule has 6 heteroatoms. The molecule has 0 radical (unpaired) electrons. The average molecular weight is 343 g/mol. The molecule has 2 aromatic carbocycles. The Bertz CT molecular complexity index is 808. The Hall–Kier alpha value is -2.37. The van der Waals surface area contributed by atoms with Crippen molar-refractivity contribution in [1.82, 2.24) is 9.97 Å². The normalized spacial score (nSPS) is 10.8. The molecule has 1 aromatic heterocycles. The van der Waals surface area contributed by atoms with Crippen LogP contribution in [0.15, 0.2) is 48.5 Å². The summed E-state index contributed by atoms with van der Waals surface area (Å²) in [7, 11) is 0. The van der Waals surface area contributed by atoms with Crippen LogP contribution in [-0.2, 0) is 6.42 Å². The van der Waals surface area contributed by atoms with Crippen LogP contribution >= 0.6 is 11.6 Å². The van der Waals surface area contributed by atoms with Crippen LogP contribution < -0.4 is 10.6 Å². The second-order valence-electron chi connectivity index (χ2n) is 5.37. The zero-order valence-electron chi connectivity index (χ0n) is 13.2. The van der Waals surface area contributed by atoms with Crippen LogP contribution in [-0.4, -0.2) is 34.8 Å². The number of halogens is 1. The van der Waals surface area contributed by atoms with E-state index in [0.29, 0.717) is 12.5 Å². The van der Waals surface area contributed by atoms with Gasteiger partial charge in [0.15, 0.2) is 0 Å². The molecular weight excluding hydrogens is 324 g/mol. The van der Waals surface area contributed by atoms with E-state index in [1.54, 1.807) is 0 Å². The van der Waals surface area contributed by atoms with Crippen molar-refractivity contribution in [2.75, 3.05) is 30.3 Å². The van der Waals surface area contributed by atoms with Gasteiger partial charge in [-0.2, -0.15) is 4.98 Å². The van der Waals surface area contributed by atoms with Crippen LogP contribution in [0.1, 0.15) is 5.56 Å². The van der Waals surface area contributed by atoms with Crippen LogP contribution in [0.4, 0.5) is 11.8 Å². The second kappa shape index (κ2) is 7.95. The lowest BCUT2D eigenvalue weighted by Gasteiger charge is -2.11. The third-order valence-corrected chi connectivity index (χ3v) is 3.87. The molecule has 5 nitrogen and oxygen atoms in total. The number of aliphatic hydroxyl groups is 1. The molecular formula is C18H19ClN4O. The fourth-order valence-electron chi connectivity index (χ4n) is 2.43. The lowest BCUT2D eigenvalue weighted by atomic mass is 10.1. The Kier molecular flexibility index (Phi) is 5.46. The van der Waals surface area contributed by atoms with E-state index in [9.17, 15) is 0 Å². The van der Waals surface area contributed by atoms with E-state index in [1.807, 2.05) is 48.5 Å². The molecule has 0 unspecified atom stereocenters. The molecule has 0 fully saturated rings. The minimum atomic E-state index is 0.0532. The molecule has 3 aromatic rings. The first-order valence-electron chi connectivity index (χ1n) is 7.86. The maximum atomic E-state index is 9.03. The van der Waals surface area contributed by atoms with Crippen molar-refractivity contribution < 1.29 is 5.11 Å². The van der Waals surface area contributed by atoms with E-state index >= 15 is 0 Å². The van der Waals surface area contributed by atoms with Crippen molar-refractivity contribution in [3.63, 3.8) is 0 Å². The number of hydrogen-bond acceptors (Lipinski definition) is 5. The van der Waals surface area contributed by atoms with Gasteiger partial charge in [-0.1, -0.05) is 35.9 Å². The van der Waals surface area contributed by atoms with Gasteiger partial charge in [0, 0.05) is 23.5 Å². The molecule has 3 rings (SSSR count). The minimum Gasteiger partial charge on any atom is -0.395 e. The average Bonchev–Trinajstić information content (AvgIpc) is 2.61. The first kappa shape index (κ1) is 16.5. The molecule has 0 saturated heterocycles. The number of nitrogens with zero attached hydrogens (tertiary/aromatic N) is 2. The van der Waals surface area contributed by atoms with Gasteiger partial charge in [0.25, 0.3) is 0 Å². The Balaban J connectivity index is 1.72. The zero-order chi connectivity index (χ0) is 16.8. The van der Waals surface area contributed by atoms with Crippen LogP contribution in [0.5, 0.6) is 0 Å². The van der Waals surface area contributed by atoms with E-state index in [1.165, 1.54) is 5.56 Å². The number of benzene rings is 2. The SMILES string of the molecule is OCCNc1nc(NCCc2ccc(Cl)cc2)nc2ccccc12. The summed E-state index contributed by atoms with van der Waals surface area (Å²) in [6.07, 6.45) is 0.854. The molecule has 0 aliphatic heterocycles. The fourth-order valence-corrected chi connectivity index (χ4v) is 2.56. The zero-order valence-corrected chi connectivity index (χ0v) is 13.9. The molecule has 0 aliphatic rings. The second-order valence-corrected chi connectivity index (χ2v) is 5.80. The van der Waals surface area contributed by atoms with Gasteiger partial charge in [-0.3, -0.25) is 0 Å². The van der Waals surface area contributed by atoms with Crippen molar-refractivity contribution in [1.29, 1.82) is 0 Å². The van der Waals surface area contributed by atoms with Gasteiger partial charge in [0.05, 0.1) is 12.1 Å². The van der Waals surface area contributed by atoms with Gasteiger partial charge in [-0.05, 0) is 36.2 Å². The smallest absolute Gasteiger partial charge is 0.225 e. The Labute approximate surface area is 145 Å². The fraction of sp³-hybridized carbons (Fsp3) is 0.222. The van der Waals surface area contributed by atoms with Crippen molar-refractivity contribution in [2.45, 2.75) is 6.42 Å². The van der Waals surface area contributed by atoms with Gasteiger partial charge < -0.3 is 15.7 Å². The summed E-state index contributed by atoms with van der Waals surface area (Å²) in [6.45, 7) is 1.22. The molecule has 0 aliphatic carbocycles. The number of anilines is 2. The Morgan fingerprint density at radius 2 is 1.71 bits per heavy atom. The van der Waals surface area contributed by atoms with Crippen LogP contribution in [0, 0.1) is 0 Å². The van der Waals surface area contributed by atoms with E-state index in [2.05, 4.69) is 20.6 Å². The van der Waals surface area contributed by atoms with Crippen molar-refractivity contribution in [3.05, 3.63) is 59.1 Å². The van der Waals surface area contributed by atoms with E-state index < -0.39 is 0 Å². The highest BCUT2D eigenvalue weighted by Gasteiger charge is 2.06. The van der Waals surface area contributed by atoms with Gasteiger partial charge in [0.1, 0.15) is 5.82 Å². The maximum absolute atomic E-state index is 9.03.